The molecule has 2 atom stereocenters. The van der Waals surface area contributed by atoms with Gasteiger partial charge in [-0.1, -0.05) is 20.3 Å². The fraction of sp³-hybridized carbons (Fsp3) is 0.733. The van der Waals surface area contributed by atoms with Gasteiger partial charge in [0.2, 0.25) is 0 Å². The van der Waals surface area contributed by atoms with Gasteiger partial charge in [-0.15, -0.1) is 0 Å². The van der Waals surface area contributed by atoms with Crippen LogP contribution in [0.5, 0.6) is 0 Å². The smallest absolute Gasteiger partial charge is 0.136 e. The molecule has 0 N–H and O–H groups in total. The summed E-state index contributed by atoms with van der Waals surface area (Å²) in [4.78, 5) is 12.0. The van der Waals surface area contributed by atoms with Gasteiger partial charge in [-0.05, 0) is 37.7 Å². The molecule has 0 saturated heterocycles. The highest BCUT2D eigenvalue weighted by atomic mass is 16.1. The van der Waals surface area contributed by atoms with Crippen LogP contribution in [0.25, 0.3) is 0 Å². The van der Waals surface area contributed by atoms with Crippen LogP contribution in [0.3, 0.4) is 0 Å². The van der Waals surface area contributed by atoms with Crippen molar-refractivity contribution in [3.63, 3.8) is 0 Å². The van der Waals surface area contributed by atoms with E-state index in [1.54, 1.807) is 0 Å². The Morgan fingerprint density at radius 2 is 2.22 bits per heavy atom. The van der Waals surface area contributed by atoms with Crippen molar-refractivity contribution >= 4 is 5.78 Å². The van der Waals surface area contributed by atoms with E-state index in [0.29, 0.717) is 5.78 Å². The van der Waals surface area contributed by atoms with Gasteiger partial charge in [0.15, 0.2) is 0 Å². The Labute approximate surface area is 110 Å². The molecule has 0 bridgehead atoms. The van der Waals surface area contributed by atoms with Crippen molar-refractivity contribution in [3.05, 3.63) is 17.5 Å². The summed E-state index contributed by atoms with van der Waals surface area (Å²) in [5.74, 6) is 1.43. The summed E-state index contributed by atoms with van der Waals surface area (Å²) in [5, 5.41) is 4.46. The van der Waals surface area contributed by atoms with Gasteiger partial charge < -0.3 is 0 Å². The molecule has 2 unspecified atom stereocenters. The van der Waals surface area contributed by atoms with Crippen LogP contribution in [-0.4, -0.2) is 15.6 Å². The van der Waals surface area contributed by atoms with E-state index < -0.39 is 0 Å². The Hall–Kier alpha value is -1.12. The summed E-state index contributed by atoms with van der Waals surface area (Å²) in [6.45, 7) is 4.35. The molecular weight excluding hydrogens is 224 g/mol. The molecule has 0 radical (unpaired) electrons. The van der Waals surface area contributed by atoms with Crippen LogP contribution >= 0.6 is 0 Å². The van der Waals surface area contributed by atoms with E-state index in [1.165, 1.54) is 12.1 Å². The molecule has 100 valence electrons. The number of Topliss-reactive ketones (excluding diaryl/α,β-unsaturated/α-hetero) is 1. The Morgan fingerprint density at radius 1 is 1.44 bits per heavy atom. The summed E-state index contributed by atoms with van der Waals surface area (Å²) in [6, 6.07) is 2.16. The van der Waals surface area contributed by atoms with E-state index in [-0.39, 0.29) is 5.92 Å². The maximum Gasteiger partial charge on any atom is 0.136 e. The zero-order valence-corrected chi connectivity index (χ0v) is 11.8. The number of aromatic nitrogens is 2. The first-order valence-corrected chi connectivity index (χ1v) is 7.18. The lowest BCUT2D eigenvalue weighted by Crippen LogP contribution is -2.27. The van der Waals surface area contributed by atoms with Crippen LogP contribution in [0, 0.1) is 11.8 Å². The largest absolute Gasteiger partial charge is 0.299 e. The fourth-order valence-electron chi connectivity index (χ4n) is 2.96. The molecule has 0 spiro atoms. The van der Waals surface area contributed by atoms with Gasteiger partial charge in [0.1, 0.15) is 5.78 Å². The first-order valence-electron chi connectivity index (χ1n) is 7.18. The van der Waals surface area contributed by atoms with E-state index in [4.69, 9.17) is 0 Å². The molecule has 18 heavy (non-hydrogen) atoms. The molecule has 1 saturated carbocycles. The topological polar surface area (TPSA) is 34.9 Å². The maximum atomic E-state index is 12.0. The summed E-state index contributed by atoms with van der Waals surface area (Å²) in [6.07, 6.45) is 5.99. The minimum Gasteiger partial charge on any atom is -0.299 e. The van der Waals surface area contributed by atoms with E-state index in [0.717, 1.165) is 43.7 Å². The van der Waals surface area contributed by atoms with Gasteiger partial charge in [0, 0.05) is 25.1 Å². The van der Waals surface area contributed by atoms with E-state index in [2.05, 4.69) is 25.0 Å². The lowest BCUT2D eigenvalue weighted by atomic mass is 9.77. The van der Waals surface area contributed by atoms with Crippen LogP contribution in [0.15, 0.2) is 6.07 Å². The van der Waals surface area contributed by atoms with Gasteiger partial charge in [0.25, 0.3) is 0 Å². The van der Waals surface area contributed by atoms with Gasteiger partial charge >= 0.3 is 0 Å². The van der Waals surface area contributed by atoms with Gasteiger partial charge in [-0.3, -0.25) is 9.48 Å². The predicted molar refractivity (Wildman–Crippen MR) is 72.4 cm³/mol. The molecule has 1 aliphatic rings. The number of aryl methyl sites for hydroxylation is 2. The van der Waals surface area contributed by atoms with Crippen LogP contribution in [0.1, 0.15) is 50.9 Å². The third-order valence-corrected chi connectivity index (χ3v) is 4.29. The standard InChI is InChI=1S/C15H24N2O/c1-4-11-6-7-15(18)12(8-11)9-14-10-13(5-2)16-17(14)3/h10-12H,4-9H2,1-3H3. The number of ketones is 1. The average molecular weight is 248 g/mol. The van der Waals surface area contributed by atoms with E-state index in [1.807, 2.05) is 11.7 Å². The Kier molecular flexibility index (Phi) is 4.20. The normalized spacial score (nSPS) is 24.5. The minimum absolute atomic E-state index is 0.226. The van der Waals surface area contributed by atoms with E-state index >= 15 is 0 Å². The van der Waals surface area contributed by atoms with Gasteiger partial charge in [-0.25, -0.2) is 0 Å². The molecule has 0 amide bonds. The Bertz CT molecular complexity index is 422. The second kappa shape index (κ2) is 5.68. The third-order valence-electron chi connectivity index (χ3n) is 4.29. The molecule has 3 heteroatoms. The van der Waals surface area contributed by atoms with Crippen molar-refractivity contribution in [2.75, 3.05) is 0 Å². The van der Waals surface area contributed by atoms with Crippen molar-refractivity contribution in [1.29, 1.82) is 0 Å². The van der Waals surface area contributed by atoms with Crippen molar-refractivity contribution in [2.45, 2.75) is 52.4 Å². The first kappa shape index (κ1) is 13.3. The minimum atomic E-state index is 0.226. The highest BCUT2D eigenvalue weighted by Crippen LogP contribution is 2.30. The summed E-state index contributed by atoms with van der Waals surface area (Å²) >= 11 is 0. The second-order valence-corrected chi connectivity index (χ2v) is 5.52. The Balaban J connectivity index is 2.06. The summed E-state index contributed by atoms with van der Waals surface area (Å²) in [5.41, 5.74) is 2.34. The lowest BCUT2D eigenvalue weighted by molar-refractivity contribution is -0.125. The average Bonchev–Trinajstić information content (AvgIpc) is 2.73. The maximum absolute atomic E-state index is 12.0. The molecule has 0 aromatic carbocycles. The number of rotatable bonds is 4. The highest BCUT2D eigenvalue weighted by Gasteiger charge is 2.28. The zero-order chi connectivity index (χ0) is 13.1. The van der Waals surface area contributed by atoms with Crippen molar-refractivity contribution in [2.24, 2.45) is 18.9 Å². The molecule has 2 rings (SSSR count). The molecule has 0 aliphatic heterocycles. The van der Waals surface area contributed by atoms with Gasteiger partial charge in [0.05, 0.1) is 5.69 Å². The van der Waals surface area contributed by atoms with Crippen molar-refractivity contribution < 1.29 is 4.79 Å². The van der Waals surface area contributed by atoms with Crippen molar-refractivity contribution in [1.82, 2.24) is 9.78 Å². The molecule has 1 aromatic rings. The number of carbonyl (C=O) groups is 1. The molecule has 1 heterocycles. The van der Waals surface area contributed by atoms with Crippen LogP contribution in [-0.2, 0) is 24.7 Å². The predicted octanol–water partition coefficient (Wildman–Crippen LogP) is 2.92. The number of hydrogen-bond acceptors (Lipinski definition) is 2. The zero-order valence-electron chi connectivity index (χ0n) is 11.8. The number of hydrogen-bond donors (Lipinski definition) is 0. The molecular formula is C15H24N2O. The van der Waals surface area contributed by atoms with Gasteiger partial charge in [-0.2, -0.15) is 5.10 Å². The van der Waals surface area contributed by atoms with Crippen LogP contribution in [0.2, 0.25) is 0 Å². The van der Waals surface area contributed by atoms with Crippen LogP contribution < -0.4 is 0 Å². The van der Waals surface area contributed by atoms with Crippen LogP contribution in [0.4, 0.5) is 0 Å². The fourth-order valence-corrected chi connectivity index (χ4v) is 2.96. The molecule has 1 aliphatic carbocycles. The Morgan fingerprint density at radius 3 is 2.83 bits per heavy atom. The first-order chi connectivity index (χ1) is 8.63. The van der Waals surface area contributed by atoms with E-state index in [9.17, 15) is 4.79 Å². The summed E-state index contributed by atoms with van der Waals surface area (Å²) in [7, 11) is 1.99. The second-order valence-electron chi connectivity index (χ2n) is 5.52. The summed E-state index contributed by atoms with van der Waals surface area (Å²) < 4.78 is 1.95. The quantitative estimate of drug-likeness (QED) is 0.821. The SMILES string of the molecule is CCc1cc(CC2CC(CC)CCC2=O)n(C)n1. The monoisotopic (exact) mass is 248 g/mol. The number of nitrogens with zero attached hydrogens (tertiary/aromatic N) is 2. The molecule has 3 nitrogen and oxygen atoms in total. The molecule has 1 fully saturated rings. The highest BCUT2D eigenvalue weighted by molar-refractivity contribution is 5.82. The third kappa shape index (κ3) is 2.82. The molecule has 1 aromatic heterocycles. The lowest BCUT2D eigenvalue weighted by Gasteiger charge is -2.27. The number of carbonyl (C=O) groups excluding carboxylic acids is 1. The van der Waals surface area contributed by atoms with Crippen molar-refractivity contribution in [3.8, 4) is 0 Å².